The van der Waals surface area contributed by atoms with E-state index < -0.39 is 0 Å². The minimum atomic E-state index is 0.109. The lowest BCUT2D eigenvalue weighted by Crippen LogP contribution is -2.31. The monoisotopic (exact) mass is 253 g/mol. The Morgan fingerprint density at radius 1 is 1.56 bits per heavy atom. The minimum Gasteiger partial charge on any atom is -0.409 e. The van der Waals surface area contributed by atoms with Gasteiger partial charge in [-0.2, -0.15) is 5.10 Å². The molecule has 0 aromatic carbocycles. The van der Waals surface area contributed by atoms with Crippen molar-refractivity contribution in [1.82, 2.24) is 9.78 Å². The Balaban J connectivity index is 3.28. The molecule has 3 N–H and O–H groups in total. The minimum absolute atomic E-state index is 0.109. The summed E-state index contributed by atoms with van der Waals surface area (Å²) < 4.78 is 1.79. The lowest BCUT2D eigenvalue weighted by molar-refractivity contribution is 0.318. The van der Waals surface area contributed by atoms with Crippen LogP contribution >= 0.6 is 0 Å². The van der Waals surface area contributed by atoms with Crippen LogP contribution in [0.1, 0.15) is 32.0 Å². The topological polar surface area (TPSA) is 79.7 Å². The first-order valence-electron chi connectivity index (χ1n) is 6.18. The number of oxime groups is 1. The zero-order valence-corrected chi connectivity index (χ0v) is 11.8. The standard InChI is InChI=1S/C12H23N5O/c1-6-17(7-8(2)3)12-10(11(13)15-18)9(4)14-16(12)5/h8,18H,6-7H2,1-5H3,(H2,13,15). The Labute approximate surface area is 108 Å². The second-order valence-corrected chi connectivity index (χ2v) is 4.83. The zero-order chi connectivity index (χ0) is 13.9. The Morgan fingerprint density at radius 2 is 2.17 bits per heavy atom. The number of rotatable bonds is 5. The highest BCUT2D eigenvalue weighted by Crippen LogP contribution is 2.23. The molecule has 0 aliphatic rings. The maximum atomic E-state index is 8.89. The van der Waals surface area contributed by atoms with Gasteiger partial charge in [-0.25, -0.2) is 0 Å². The predicted octanol–water partition coefficient (Wildman–Crippen LogP) is 1.31. The van der Waals surface area contributed by atoms with Crippen LogP contribution in [0, 0.1) is 12.8 Å². The zero-order valence-electron chi connectivity index (χ0n) is 11.8. The fraction of sp³-hybridized carbons (Fsp3) is 0.667. The van der Waals surface area contributed by atoms with E-state index in [2.05, 4.69) is 35.9 Å². The van der Waals surface area contributed by atoms with Crippen LogP contribution in [0.3, 0.4) is 0 Å². The summed E-state index contributed by atoms with van der Waals surface area (Å²) in [5.41, 5.74) is 7.23. The van der Waals surface area contributed by atoms with Gasteiger partial charge in [0, 0.05) is 20.1 Å². The molecular weight excluding hydrogens is 230 g/mol. The SMILES string of the molecule is CCN(CC(C)C)c1c(C(N)=NO)c(C)nn1C. The van der Waals surface area contributed by atoms with Crippen LogP contribution < -0.4 is 10.6 Å². The molecule has 0 saturated heterocycles. The van der Waals surface area contributed by atoms with Gasteiger partial charge in [-0.3, -0.25) is 4.68 Å². The van der Waals surface area contributed by atoms with Gasteiger partial charge < -0.3 is 15.8 Å². The molecule has 0 aliphatic heterocycles. The third-order valence-corrected chi connectivity index (χ3v) is 2.82. The average Bonchev–Trinajstić information content (AvgIpc) is 2.60. The van der Waals surface area contributed by atoms with Gasteiger partial charge in [-0.15, -0.1) is 0 Å². The van der Waals surface area contributed by atoms with Crippen LogP contribution in [0.25, 0.3) is 0 Å². The number of hydrogen-bond donors (Lipinski definition) is 2. The number of aromatic nitrogens is 2. The van der Waals surface area contributed by atoms with Crippen molar-refractivity contribution in [3.8, 4) is 0 Å². The van der Waals surface area contributed by atoms with E-state index in [1.54, 1.807) is 4.68 Å². The van der Waals surface area contributed by atoms with Crippen LogP contribution in [0.2, 0.25) is 0 Å². The second kappa shape index (κ2) is 5.75. The van der Waals surface area contributed by atoms with E-state index in [1.165, 1.54) is 0 Å². The highest BCUT2D eigenvalue weighted by atomic mass is 16.4. The van der Waals surface area contributed by atoms with Crippen molar-refractivity contribution in [3.63, 3.8) is 0 Å². The molecule has 1 aromatic heterocycles. The normalized spacial score (nSPS) is 12.2. The van der Waals surface area contributed by atoms with Crippen molar-refractivity contribution in [3.05, 3.63) is 11.3 Å². The maximum absolute atomic E-state index is 8.89. The molecule has 1 rings (SSSR count). The number of hydrogen-bond acceptors (Lipinski definition) is 4. The molecule has 1 heterocycles. The van der Waals surface area contributed by atoms with Crippen LogP contribution in [-0.4, -0.2) is 33.9 Å². The first-order chi connectivity index (χ1) is 8.42. The van der Waals surface area contributed by atoms with Crippen LogP contribution in [0.4, 0.5) is 5.82 Å². The predicted molar refractivity (Wildman–Crippen MR) is 73.2 cm³/mol. The molecule has 0 aliphatic carbocycles. The highest BCUT2D eigenvalue weighted by molar-refractivity contribution is 6.02. The van der Waals surface area contributed by atoms with Gasteiger partial charge in [-0.1, -0.05) is 19.0 Å². The van der Waals surface area contributed by atoms with E-state index in [0.717, 1.165) is 24.6 Å². The Bertz CT molecular complexity index is 436. The highest BCUT2D eigenvalue weighted by Gasteiger charge is 2.21. The Hall–Kier alpha value is -1.72. The number of anilines is 1. The maximum Gasteiger partial charge on any atom is 0.175 e. The van der Waals surface area contributed by atoms with E-state index in [-0.39, 0.29) is 5.84 Å². The van der Waals surface area contributed by atoms with Gasteiger partial charge in [0.05, 0.1) is 11.3 Å². The molecule has 0 spiro atoms. The van der Waals surface area contributed by atoms with Crippen molar-refractivity contribution in [2.24, 2.45) is 23.9 Å². The van der Waals surface area contributed by atoms with Crippen LogP contribution in [0.15, 0.2) is 5.16 Å². The molecule has 6 heteroatoms. The molecule has 6 nitrogen and oxygen atoms in total. The van der Waals surface area contributed by atoms with Crippen molar-refractivity contribution < 1.29 is 5.21 Å². The summed E-state index contributed by atoms with van der Waals surface area (Å²) >= 11 is 0. The fourth-order valence-electron chi connectivity index (χ4n) is 2.16. The first kappa shape index (κ1) is 14.3. The van der Waals surface area contributed by atoms with Crippen molar-refractivity contribution >= 4 is 11.7 Å². The summed E-state index contributed by atoms with van der Waals surface area (Å²) in [5.74, 6) is 1.54. The van der Waals surface area contributed by atoms with Gasteiger partial charge in [0.1, 0.15) is 5.82 Å². The van der Waals surface area contributed by atoms with Gasteiger partial charge in [0.15, 0.2) is 5.84 Å². The molecule has 0 atom stereocenters. The quantitative estimate of drug-likeness (QED) is 0.359. The van der Waals surface area contributed by atoms with Crippen LogP contribution in [-0.2, 0) is 7.05 Å². The van der Waals surface area contributed by atoms with Crippen molar-refractivity contribution in [2.75, 3.05) is 18.0 Å². The summed E-state index contributed by atoms with van der Waals surface area (Å²) in [5, 5.41) is 16.4. The molecule has 1 aromatic rings. The average molecular weight is 253 g/mol. The third kappa shape index (κ3) is 2.75. The lowest BCUT2D eigenvalue weighted by atomic mass is 10.1. The van der Waals surface area contributed by atoms with Crippen molar-refractivity contribution in [1.29, 1.82) is 0 Å². The van der Waals surface area contributed by atoms with Crippen LogP contribution in [0.5, 0.6) is 0 Å². The summed E-state index contributed by atoms with van der Waals surface area (Å²) in [6.45, 7) is 10.0. The molecular formula is C12H23N5O. The summed E-state index contributed by atoms with van der Waals surface area (Å²) in [7, 11) is 1.87. The van der Waals surface area contributed by atoms with E-state index in [1.807, 2.05) is 14.0 Å². The molecule has 0 bridgehead atoms. The first-order valence-corrected chi connectivity index (χ1v) is 6.18. The molecule has 0 unspecified atom stereocenters. The third-order valence-electron chi connectivity index (χ3n) is 2.82. The summed E-state index contributed by atoms with van der Waals surface area (Å²) in [4.78, 5) is 2.19. The van der Waals surface area contributed by atoms with Gasteiger partial charge in [-0.05, 0) is 19.8 Å². The van der Waals surface area contributed by atoms with Gasteiger partial charge >= 0.3 is 0 Å². The molecule has 0 amide bonds. The smallest absolute Gasteiger partial charge is 0.175 e. The Morgan fingerprint density at radius 3 is 2.61 bits per heavy atom. The molecule has 0 radical (unpaired) electrons. The van der Waals surface area contributed by atoms with Crippen molar-refractivity contribution in [2.45, 2.75) is 27.7 Å². The number of nitrogens with zero attached hydrogens (tertiary/aromatic N) is 4. The second-order valence-electron chi connectivity index (χ2n) is 4.83. The molecule has 0 fully saturated rings. The number of nitrogens with two attached hydrogens (primary N) is 1. The fourth-order valence-corrected chi connectivity index (χ4v) is 2.16. The molecule has 18 heavy (non-hydrogen) atoms. The summed E-state index contributed by atoms with van der Waals surface area (Å²) in [6.07, 6.45) is 0. The van der Waals surface area contributed by atoms with E-state index in [0.29, 0.717) is 11.5 Å². The van der Waals surface area contributed by atoms with Gasteiger partial charge in [0.2, 0.25) is 0 Å². The lowest BCUT2D eigenvalue weighted by Gasteiger charge is -2.26. The van der Waals surface area contributed by atoms with E-state index in [9.17, 15) is 0 Å². The number of amidine groups is 1. The van der Waals surface area contributed by atoms with E-state index >= 15 is 0 Å². The van der Waals surface area contributed by atoms with Gasteiger partial charge in [0.25, 0.3) is 0 Å². The molecule has 102 valence electrons. The number of aryl methyl sites for hydroxylation is 2. The largest absolute Gasteiger partial charge is 0.409 e. The Kier molecular flexibility index (Phi) is 4.58. The van der Waals surface area contributed by atoms with E-state index in [4.69, 9.17) is 10.9 Å². The molecule has 0 saturated carbocycles. The summed E-state index contributed by atoms with van der Waals surface area (Å²) in [6, 6.07) is 0.